The molecular formula is C24H27F3N6OS2. The molecule has 2 N–H and O–H groups in total. The van der Waals surface area contributed by atoms with E-state index in [1.165, 1.54) is 11.3 Å². The molecule has 1 saturated heterocycles. The molecule has 0 aliphatic carbocycles. The highest BCUT2D eigenvalue weighted by molar-refractivity contribution is 7.99. The van der Waals surface area contributed by atoms with E-state index in [9.17, 15) is 13.2 Å². The molecule has 36 heavy (non-hydrogen) atoms. The molecule has 2 aliphatic rings. The lowest BCUT2D eigenvalue weighted by molar-refractivity contribution is -0.137. The fourth-order valence-electron chi connectivity index (χ4n) is 4.21. The number of pyridine rings is 1. The molecule has 3 aromatic rings. The molecule has 5 rings (SSSR count). The maximum atomic E-state index is 13.9. The number of ether oxygens (including phenoxy) is 1. The van der Waals surface area contributed by atoms with Gasteiger partial charge in [-0.15, -0.1) is 23.1 Å². The van der Waals surface area contributed by atoms with Crippen LogP contribution < -0.4 is 15.5 Å². The van der Waals surface area contributed by atoms with Crippen molar-refractivity contribution in [1.82, 2.24) is 20.3 Å². The average molecular weight is 537 g/mol. The molecule has 192 valence electrons. The largest absolute Gasteiger partial charge is 0.420 e. The van der Waals surface area contributed by atoms with Gasteiger partial charge in [-0.2, -0.15) is 13.2 Å². The second-order valence-electron chi connectivity index (χ2n) is 8.49. The summed E-state index contributed by atoms with van der Waals surface area (Å²) in [6, 6.07) is 5.62. The summed E-state index contributed by atoms with van der Waals surface area (Å²) in [6.45, 7) is 6.72. The molecule has 0 saturated carbocycles. The Morgan fingerprint density at radius 3 is 2.92 bits per heavy atom. The molecular weight excluding hydrogens is 509 g/mol. The first-order valence-corrected chi connectivity index (χ1v) is 13.7. The summed E-state index contributed by atoms with van der Waals surface area (Å²) < 4.78 is 47.2. The van der Waals surface area contributed by atoms with Gasteiger partial charge in [0, 0.05) is 41.4 Å². The summed E-state index contributed by atoms with van der Waals surface area (Å²) >= 11 is 2.88. The van der Waals surface area contributed by atoms with Crippen molar-refractivity contribution in [3.05, 3.63) is 40.5 Å². The zero-order chi connectivity index (χ0) is 25.1. The summed E-state index contributed by atoms with van der Waals surface area (Å²) in [5, 5.41) is 6.50. The molecule has 5 heterocycles. The first-order valence-electron chi connectivity index (χ1n) is 11.9. The van der Waals surface area contributed by atoms with Crippen LogP contribution in [0.25, 0.3) is 10.6 Å². The van der Waals surface area contributed by atoms with E-state index in [1.54, 1.807) is 17.8 Å². The summed E-state index contributed by atoms with van der Waals surface area (Å²) in [6.07, 6.45) is -2.01. The van der Waals surface area contributed by atoms with E-state index < -0.39 is 11.7 Å². The molecule has 0 atom stereocenters. The molecule has 12 heteroatoms. The SMILES string of the molecule is CCc1nc(N2CCCNCC2)ccc1Nc1ncc(C(F)(F)F)c(-c2cc3c(s2)COCCS3)n1. The van der Waals surface area contributed by atoms with E-state index in [0.717, 1.165) is 65.8 Å². The number of rotatable bonds is 5. The molecule has 0 aromatic carbocycles. The predicted molar refractivity (Wildman–Crippen MR) is 137 cm³/mol. The van der Waals surface area contributed by atoms with Crippen molar-refractivity contribution in [3.8, 4) is 10.6 Å². The highest BCUT2D eigenvalue weighted by Gasteiger charge is 2.36. The Hall–Kier alpha value is -2.41. The van der Waals surface area contributed by atoms with Gasteiger partial charge in [-0.1, -0.05) is 6.92 Å². The number of halogens is 3. The highest BCUT2D eigenvalue weighted by atomic mass is 32.2. The average Bonchev–Trinajstić information content (AvgIpc) is 3.02. The molecule has 0 spiro atoms. The summed E-state index contributed by atoms with van der Waals surface area (Å²) in [5.41, 5.74) is 0.518. The minimum Gasteiger partial charge on any atom is -0.375 e. The van der Waals surface area contributed by atoms with Crippen LogP contribution in [0.2, 0.25) is 0 Å². The number of thioether (sulfide) groups is 1. The van der Waals surface area contributed by atoms with Gasteiger partial charge < -0.3 is 20.3 Å². The van der Waals surface area contributed by atoms with Crippen LogP contribution in [0.1, 0.15) is 29.5 Å². The Morgan fingerprint density at radius 2 is 2.08 bits per heavy atom. The monoisotopic (exact) mass is 536 g/mol. The van der Waals surface area contributed by atoms with Crippen molar-refractivity contribution in [2.45, 2.75) is 37.4 Å². The number of hydrogen-bond donors (Lipinski definition) is 2. The number of alkyl halides is 3. The minimum atomic E-state index is -4.57. The second-order valence-corrected chi connectivity index (χ2v) is 10.8. The number of thiophene rings is 1. The van der Waals surface area contributed by atoms with Crippen LogP contribution in [0, 0.1) is 0 Å². The molecule has 1 fully saturated rings. The maximum Gasteiger partial charge on any atom is 0.420 e. The predicted octanol–water partition coefficient (Wildman–Crippen LogP) is 5.35. The summed E-state index contributed by atoms with van der Waals surface area (Å²) in [7, 11) is 0. The fourth-order valence-corrected chi connectivity index (χ4v) is 6.42. The van der Waals surface area contributed by atoms with Gasteiger partial charge in [-0.05, 0) is 37.6 Å². The van der Waals surface area contributed by atoms with Crippen molar-refractivity contribution in [3.63, 3.8) is 0 Å². The molecule has 0 amide bonds. The normalized spacial score (nSPS) is 16.8. The third-order valence-corrected chi connectivity index (χ3v) is 8.31. The number of nitrogens with zero attached hydrogens (tertiary/aromatic N) is 4. The van der Waals surface area contributed by atoms with Crippen LogP contribution in [0.4, 0.5) is 30.6 Å². The molecule has 0 radical (unpaired) electrons. The Labute approximate surface area is 215 Å². The van der Waals surface area contributed by atoms with E-state index in [1.807, 2.05) is 19.1 Å². The van der Waals surface area contributed by atoms with Gasteiger partial charge in [-0.25, -0.2) is 15.0 Å². The number of nitrogens with one attached hydrogen (secondary N) is 2. The summed E-state index contributed by atoms with van der Waals surface area (Å²) in [4.78, 5) is 17.8. The van der Waals surface area contributed by atoms with E-state index >= 15 is 0 Å². The van der Waals surface area contributed by atoms with E-state index in [4.69, 9.17) is 9.72 Å². The number of hydrogen-bond acceptors (Lipinski definition) is 9. The number of aryl methyl sites for hydroxylation is 1. The van der Waals surface area contributed by atoms with Crippen LogP contribution in [0.3, 0.4) is 0 Å². The molecule has 3 aromatic heterocycles. The van der Waals surface area contributed by atoms with Crippen molar-refractivity contribution < 1.29 is 17.9 Å². The third kappa shape index (κ3) is 5.61. The standard InChI is InChI=1S/C24H27F3N6OS2/c1-2-16-17(4-5-21(30-16)33-8-3-6-28-7-9-33)31-23-29-13-15(24(25,26)27)22(32-23)19-12-18-20(36-19)14-34-10-11-35-18/h4-5,12-13,28H,2-3,6-11,14H2,1H3,(H,29,31,32). The number of anilines is 3. The third-order valence-electron chi connectivity index (χ3n) is 6.02. The molecule has 0 bridgehead atoms. The van der Waals surface area contributed by atoms with E-state index in [-0.39, 0.29) is 11.6 Å². The first kappa shape index (κ1) is 25.2. The Balaban J connectivity index is 1.46. The number of fused-ring (bicyclic) bond motifs is 1. The van der Waals surface area contributed by atoms with Crippen molar-refractivity contribution in [2.24, 2.45) is 0 Å². The molecule has 0 unspecified atom stereocenters. The van der Waals surface area contributed by atoms with Crippen LogP contribution in [-0.2, 0) is 23.9 Å². The lowest BCUT2D eigenvalue weighted by atomic mass is 10.2. The van der Waals surface area contributed by atoms with E-state index in [0.29, 0.717) is 30.2 Å². The molecule has 2 aliphatic heterocycles. The highest BCUT2D eigenvalue weighted by Crippen LogP contribution is 2.43. The van der Waals surface area contributed by atoms with Gasteiger partial charge in [0.25, 0.3) is 0 Å². The smallest absolute Gasteiger partial charge is 0.375 e. The van der Waals surface area contributed by atoms with Gasteiger partial charge in [0.2, 0.25) is 5.95 Å². The van der Waals surface area contributed by atoms with Gasteiger partial charge in [-0.3, -0.25) is 0 Å². The zero-order valence-electron chi connectivity index (χ0n) is 19.8. The van der Waals surface area contributed by atoms with Gasteiger partial charge in [0.05, 0.1) is 35.2 Å². The van der Waals surface area contributed by atoms with Gasteiger partial charge in [0.1, 0.15) is 11.4 Å². The van der Waals surface area contributed by atoms with Crippen LogP contribution >= 0.6 is 23.1 Å². The number of aromatic nitrogens is 3. The van der Waals surface area contributed by atoms with Gasteiger partial charge in [0.15, 0.2) is 0 Å². The minimum absolute atomic E-state index is 0.105. The van der Waals surface area contributed by atoms with Crippen molar-refractivity contribution >= 4 is 40.6 Å². The lowest BCUT2D eigenvalue weighted by Gasteiger charge is -2.22. The van der Waals surface area contributed by atoms with E-state index in [2.05, 4.69) is 25.5 Å². The van der Waals surface area contributed by atoms with Crippen molar-refractivity contribution in [1.29, 1.82) is 0 Å². The Bertz CT molecular complexity index is 1190. The van der Waals surface area contributed by atoms with Gasteiger partial charge >= 0.3 is 6.18 Å². The Morgan fingerprint density at radius 1 is 1.19 bits per heavy atom. The Kier molecular flexibility index (Phi) is 7.65. The second kappa shape index (κ2) is 10.9. The topological polar surface area (TPSA) is 75.2 Å². The lowest BCUT2D eigenvalue weighted by Crippen LogP contribution is -2.28. The summed E-state index contributed by atoms with van der Waals surface area (Å²) in [5.74, 6) is 1.77. The first-order chi connectivity index (χ1) is 17.4. The zero-order valence-corrected chi connectivity index (χ0v) is 21.5. The van der Waals surface area contributed by atoms with Crippen molar-refractivity contribution in [2.75, 3.05) is 48.8 Å². The molecule has 7 nitrogen and oxygen atoms in total. The van der Waals surface area contributed by atoms with Crippen LogP contribution in [0.5, 0.6) is 0 Å². The maximum absolute atomic E-state index is 13.9. The fraction of sp³-hybridized carbons (Fsp3) is 0.458. The quantitative estimate of drug-likeness (QED) is 0.452. The van der Waals surface area contributed by atoms with Crippen LogP contribution in [-0.4, -0.2) is 53.5 Å². The van der Waals surface area contributed by atoms with Crippen LogP contribution in [0.15, 0.2) is 29.3 Å².